The summed E-state index contributed by atoms with van der Waals surface area (Å²) in [5, 5.41) is 8.24. The summed E-state index contributed by atoms with van der Waals surface area (Å²) in [5.74, 6) is 0.979. The molecule has 0 saturated carbocycles. The van der Waals surface area contributed by atoms with Crippen LogP contribution in [0.25, 0.3) is 16.7 Å². The Labute approximate surface area is 156 Å². The smallest absolute Gasteiger partial charge is 0.222 e. The molecule has 0 aliphatic carbocycles. The van der Waals surface area contributed by atoms with E-state index in [2.05, 4.69) is 15.4 Å². The van der Waals surface area contributed by atoms with Gasteiger partial charge in [-0.05, 0) is 19.1 Å². The van der Waals surface area contributed by atoms with Crippen LogP contribution in [0.3, 0.4) is 0 Å². The van der Waals surface area contributed by atoms with Gasteiger partial charge in [0.25, 0.3) is 0 Å². The number of amides is 1. The molecular weight excluding hydrogens is 346 g/mol. The quantitative estimate of drug-likeness (QED) is 0.761. The summed E-state index contributed by atoms with van der Waals surface area (Å²) in [6.07, 6.45) is 2.47. The number of anilines is 1. The number of nitrogens with one attached hydrogen (secondary N) is 1. The number of fused-ring (bicyclic) bond motifs is 1. The number of ether oxygens (including phenoxy) is 2. The first-order valence-electron chi connectivity index (χ1n) is 8.76. The molecule has 0 bridgehead atoms. The first-order valence-corrected chi connectivity index (χ1v) is 8.76. The van der Waals surface area contributed by atoms with Gasteiger partial charge >= 0.3 is 0 Å². The zero-order chi connectivity index (χ0) is 19.0. The number of pyridine rings is 2. The predicted molar refractivity (Wildman–Crippen MR) is 99.8 cm³/mol. The van der Waals surface area contributed by atoms with E-state index in [0.717, 1.165) is 28.7 Å². The van der Waals surface area contributed by atoms with Crippen molar-refractivity contribution in [2.75, 3.05) is 25.6 Å². The number of rotatable bonds is 4. The molecule has 0 spiro atoms. The molecule has 4 heterocycles. The van der Waals surface area contributed by atoms with Crippen molar-refractivity contribution in [2.24, 2.45) is 0 Å². The van der Waals surface area contributed by atoms with Gasteiger partial charge in [0.1, 0.15) is 11.4 Å². The average Bonchev–Trinajstić information content (AvgIpc) is 3.27. The lowest BCUT2D eigenvalue weighted by atomic mass is 9.98. The Hall–Kier alpha value is -2.84. The van der Waals surface area contributed by atoms with Gasteiger partial charge in [-0.3, -0.25) is 4.79 Å². The van der Waals surface area contributed by atoms with Crippen LogP contribution < -0.4 is 5.32 Å². The lowest BCUT2D eigenvalue weighted by Gasteiger charge is -2.25. The Bertz CT molecular complexity index is 1010. The molecule has 1 fully saturated rings. The van der Waals surface area contributed by atoms with Crippen molar-refractivity contribution in [1.29, 1.82) is 0 Å². The minimum Gasteiger partial charge on any atom is -0.378 e. The monoisotopic (exact) mass is 367 g/mol. The molecule has 1 amide bonds. The molecule has 3 aromatic rings. The van der Waals surface area contributed by atoms with Gasteiger partial charge in [0.05, 0.1) is 23.5 Å². The fourth-order valence-electron chi connectivity index (χ4n) is 3.39. The Kier molecular flexibility index (Phi) is 4.37. The number of hydrogen-bond donors (Lipinski definition) is 1. The van der Waals surface area contributed by atoms with Gasteiger partial charge in [-0.1, -0.05) is 6.07 Å². The zero-order valence-electron chi connectivity index (χ0n) is 15.5. The molecule has 140 valence electrons. The van der Waals surface area contributed by atoms with Crippen molar-refractivity contribution in [2.45, 2.75) is 25.9 Å². The molecular formula is C19H21N5O3. The van der Waals surface area contributed by atoms with E-state index in [1.165, 1.54) is 6.92 Å². The van der Waals surface area contributed by atoms with E-state index in [4.69, 9.17) is 14.5 Å². The summed E-state index contributed by atoms with van der Waals surface area (Å²) in [7, 11) is 1.68. The van der Waals surface area contributed by atoms with Crippen LogP contribution in [0.4, 0.5) is 5.82 Å². The standard InChI is InChI=1S/C19H21N5O3/c1-12-14-10-20-17(21-13(2)25)9-15(14)24(23-12)18-6-4-5-16(22-18)19(26-3)7-8-27-11-19/h4-6,9-10H,7-8,11H2,1-3H3,(H,20,21,25). The topological polar surface area (TPSA) is 91.2 Å². The van der Waals surface area contributed by atoms with Gasteiger partial charge in [0.2, 0.25) is 5.91 Å². The maximum atomic E-state index is 11.4. The summed E-state index contributed by atoms with van der Waals surface area (Å²) in [6, 6.07) is 7.59. The number of carbonyl (C=O) groups excluding carboxylic acids is 1. The van der Waals surface area contributed by atoms with E-state index in [1.807, 2.05) is 25.1 Å². The minimum absolute atomic E-state index is 0.173. The average molecular weight is 367 g/mol. The zero-order valence-corrected chi connectivity index (χ0v) is 15.5. The van der Waals surface area contributed by atoms with Crippen LogP contribution in [-0.2, 0) is 19.9 Å². The third-order valence-corrected chi connectivity index (χ3v) is 4.85. The summed E-state index contributed by atoms with van der Waals surface area (Å²) < 4.78 is 13.1. The number of hydrogen-bond acceptors (Lipinski definition) is 6. The molecule has 1 aliphatic rings. The van der Waals surface area contributed by atoms with Gasteiger partial charge in [-0.15, -0.1) is 0 Å². The molecule has 3 aromatic heterocycles. The van der Waals surface area contributed by atoms with Crippen molar-refractivity contribution in [1.82, 2.24) is 19.7 Å². The van der Waals surface area contributed by atoms with Gasteiger partial charge in [0, 0.05) is 44.7 Å². The molecule has 8 nitrogen and oxygen atoms in total. The summed E-state index contributed by atoms with van der Waals surface area (Å²) in [5.41, 5.74) is 1.95. The Morgan fingerprint density at radius 2 is 2.26 bits per heavy atom. The summed E-state index contributed by atoms with van der Waals surface area (Å²) >= 11 is 0. The first-order chi connectivity index (χ1) is 13.0. The summed E-state index contributed by atoms with van der Waals surface area (Å²) in [4.78, 5) is 20.4. The van der Waals surface area contributed by atoms with Crippen LogP contribution >= 0.6 is 0 Å². The van der Waals surface area contributed by atoms with E-state index in [0.29, 0.717) is 24.8 Å². The maximum absolute atomic E-state index is 11.4. The summed E-state index contributed by atoms with van der Waals surface area (Å²) in [6.45, 7) is 4.50. The number of aryl methyl sites for hydroxylation is 1. The molecule has 1 atom stereocenters. The first kappa shape index (κ1) is 17.6. The lowest BCUT2D eigenvalue weighted by Crippen LogP contribution is -2.30. The second kappa shape index (κ2) is 6.71. The fourth-order valence-corrected chi connectivity index (χ4v) is 3.39. The van der Waals surface area contributed by atoms with E-state index in [9.17, 15) is 4.79 Å². The van der Waals surface area contributed by atoms with Crippen LogP contribution in [0, 0.1) is 6.92 Å². The van der Waals surface area contributed by atoms with Crippen LogP contribution in [0.5, 0.6) is 0 Å². The van der Waals surface area contributed by atoms with Crippen molar-refractivity contribution in [3.8, 4) is 5.82 Å². The highest BCUT2D eigenvalue weighted by Gasteiger charge is 2.38. The molecule has 1 saturated heterocycles. The third-order valence-electron chi connectivity index (χ3n) is 4.85. The van der Waals surface area contributed by atoms with E-state index >= 15 is 0 Å². The maximum Gasteiger partial charge on any atom is 0.222 e. The van der Waals surface area contributed by atoms with Gasteiger partial charge in [-0.2, -0.15) is 5.10 Å². The normalized spacial score (nSPS) is 19.5. The molecule has 0 radical (unpaired) electrons. The van der Waals surface area contributed by atoms with Crippen LogP contribution in [0.15, 0.2) is 30.5 Å². The Morgan fingerprint density at radius 1 is 1.41 bits per heavy atom. The second-order valence-corrected chi connectivity index (χ2v) is 6.65. The van der Waals surface area contributed by atoms with Crippen LogP contribution in [-0.4, -0.2) is 46.0 Å². The fraction of sp³-hybridized carbons (Fsp3) is 0.368. The highest BCUT2D eigenvalue weighted by molar-refractivity contribution is 5.91. The number of aromatic nitrogens is 4. The van der Waals surface area contributed by atoms with Gasteiger partial charge in [-0.25, -0.2) is 14.6 Å². The third kappa shape index (κ3) is 3.07. The molecule has 8 heteroatoms. The molecule has 1 N–H and O–H groups in total. The largest absolute Gasteiger partial charge is 0.378 e. The highest BCUT2D eigenvalue weighted by atomic mass is 16.5. The Morgan fingerprint density at radius 3 is 2.96 bits per heavy atom. The molecule has 4 rings (SSSR count). The van der Waals surface area contributed by atoms with Crippen molar-refractivity contribution in [3.05, 3.63) is 41.9 Å². The minimum atomic E-state index is -0.531. The Balaban J connectivity index is 1.82. The van der Waals surface area contributed by atoms with E-state index in [-0.39, 0.29) is 5.91 Å². The van der Waals surface area contributed by atoms with Crippen molar-refractivity contribution < 1.29 is 14.3 Å². The number of carbonyl (C=O) groups is 1. The van der Waals surface area contributed by atoms with Crippen molar-refractivity contribution >= 4 is 22.6 Å². The van der Waals surface area contributed by atoms with Gasteiger partial charge in [0.15, 0.2) is 5.82 Å². The molecule has 1 aliphatic heterocycles. The molecule has 27 heavy (non-hydrogen) atoms. The highest BCUT2D eigenvalue weighted by Crippen LogP contribution is 2.33. The lowest BCUT2D eigenvalue weighted by molar-refractivity contribution is -0.114. The number of methoxy groups -OCH3 is 1. The van der Waals surface area contributed by atoms with Crippen molar-refractivity contribution in [3.63, 3.8) is 0 Å². The molecule has 0 aromatic carbocycles. The van der Waals surface area contributed by atoms with Crippen LogP contribution in [0.1, 0.15) is 24.7 Å². The van der Waals surface area contributed by atoms with Gasteiger partial charge < -0.3 is 14.8 Å². The van der Waals surface area contributed by atoms with E-state index < -0.39 is 5.60 Å². The predicted octanol–water partition coefficient (Wildman–Crippen LogP) is 2.34. The SMILES string of the molecule is COC1(c2cccc(-n3nc(C)c4cnc(NC(C)=O)cc43)n2)CCOC1. The van der Waals surface area contributed by atoms with E-state index in [1.54, 1.807) is 24.1 Å². The van der Waals surface area contributed by atoms with Crippen LogP contribution in [0.2, 0.25) is 0 Å². The molecule has 1 unspecified atom stereocenters. The second-order valence-electron chi connectivity index (χ2n) is 6.65. The number of nitrogens with zero attached hydrogens (tertiary/aromatic N) is 4.